The highest BCUT2D eigenvalue weighted by molar-refractivity contribution is 7.99. The molecule has 1 unspecified atom stereocenters. The number of aryl methyl sites for hydroxylation is 2. The second-order valence-electron chi connectivity index (χ2n) is 6.53. The molecule has 1 aliphatic rings. The molecule has 5 nitrogen and oxygen atoms in total. The van der Waals surface area contributed by atoms with E-state index in [1.54, 1.807) is 16.3 Å². The van der Waals surface area contributed by atoms with Gasteiger partial charge in [0.15, 0.2) is 10.7 Å². The van der Waals surface area contributed by atoms with E-state index < -0.39 is 5.54 Å². The van der Waals surface area contributed by atoms with Crippen molar-refractivity contribution in [1.82, 2.24) is 9.55 Å². The standard InChI is InChI=1S/C19H18N4OS/c1-12-7-6-8-13(2)16(12)21-22-19(3)11-25-18-20-14-9-4-5-10-15(14)23(18)17(19)24/h4-10H,11H2,1-3H3. The maximum atomic E-state index is 13.2. The van der Waals surface area contributed by atoms with Crippen LogP contribution < -0.4 is 0 Å². The minimum atomic E-state index is -0.907. The van der Waals surface area contributed by atoms with E-state index in [0.29, 0.717) is 5.75 Å². The van der Waals surface area contributed by atoms with Crippen LogP contribution in [0.4, 0.5) is 5.69 Å². The average molecular weight is 350 g/mol. The van der Waals surface area contributed by atoms with Crippen LogP contribution in [0.15, 0.2) is 57.8 Å². The van der Waals surface area contributed by atoms with Crippen LogP contribution in [0.2, 0.25) is 0 Å². The van der Waals surface area contributed by atoms with Gasteiger partial charge >= 0.3 is 0 Å². The summed E-state index contributed by atoms with van der Waals surface area (Å²) in [5.41, 5.74) is 3.69. The highest BCUT2D eigenvalue weighted by Crippen LogP contribution is 2.36. The van der Waals surface area contributed by atoms with Crippen molar-refractivity contribution in [2.75, 3.05) is 5.75 Å². The van der Waals surface area contributed by atoms with E-state index >= 15 is 0 Å². The maximum absolute atomic E-state index is 13.2. The van der Waals surface area contributed by atoms with Crippen molar-refractivity contribution in [2.24, 2.45) is 10.2 Å². The molecule has 0 aliphatic carbocycles. The first kappa shape index (κ1) is 16.0. The van der Waals surface area contributed by atoms with Crippen molar-refractivity contribution in [1.29, 1.82) is 0 Å². The van der Waals surface area contributed by atoms with Crippen LogP contribution >= 0.6 is 11.8 Å². The van der Waals surface area contributed by atoms with E-state index in [2.05, 4.69) is 15.2 Å². The maximum Gasteiger partial charge on any atom is 0.263 e. The highest BCUT2D eigenvalue weighted by atomic mass is 32.2. The SMILES string of the molecule is Cc1cccc(C)c1N=NC1(C)CSc2nc3ccccc3n2C1=O. The van der Waals surface area contributed by atoms with Gasteiger partial charge in [0.25, 0.3) is 5.91 Å². The number of azo groups is 1. The summed E-state index contributed by atoms with van der Waals surface area (Å²) in [4.78, 5) is 17.7. The number of rotatable bonds is 2. The molecule has 2 aromatic carbocycles. The Hall–Kier alpha value is -2.47. The molecule has 1 aromatic heterocycles. The van der Waals surface area contributed by atoms with Gasteiger partial charge in [0.2, 0.25) is 0 Å². The number of carbonyl (C=O) groups is 1. The van der Waals surface area contributed by atoms with Crippen LogP contribution in [-0.2, 0) is 0 Å². The van der Waals surface area contributed by atoms with Crippen LogP contribution in [0.5, 0.6) is 0 Å². The number of hydrogen-bond acceptors (Lipinski definition) is 5. The van der Waals surface area contributed by atoms with Gasteiger partial charge in [-0.15, -0.1) is 0 Å². The molecule has 0 radical (unpaired) electrons. The molecule has 1 atom stereocenters. The smallest absolute Gasteiger partial charge is 0.263 e. The van der Waals surface area contributed by atoms with Gasteiger partial charge in [-0.3, -0.25) is 9.36 Å². The largest absolute Gasteiger partial charge is 0.271 e. The molecule has 2 heterocycles. The molecule has 4 rings (SSSR count). The molecule has 0 amide bonds. The Morgan fingerprint density at radius 3 is 2.60 bits per heavy atom. The third kappa shape index (κ3) is 2.57. The van der Waals surface area contributed by atoms with E-state index in [1.165, 1.54) is 0 Å². The lowest BCUT2D eigenvalue weighted by atomic mass is 10.1. The zero-order valence-corrected chi connectivity index (χ0v) is 15.2. The topological polar surface area (TPSA) is 59.6 Å². The van der Waals surface area contributed by atoms with Crippen molar-refractivity contribution in [3.05, 3.63) is 53.6 Å². The van der Waals surface area contributed by atoms with E-state index in [9.17, 15) is 4.79 Å². The predicted octanol–water partition coefficient (Wildman–Crippen LogP) is 4.94. The molecule has 6 heteroatoms. The van der Waals surface area contributed by atoms with Gasteiger partial charge in [-0.2, -0.15) is 10.2 Å². The van der Waals surface area contributed by atoms with Gasteiger partial charge < -0.3 is 0 Å². The normalized spacial score (nSPS) is 20.4. The zero-order chi connectivity index (χ0) is 17.6. The molecule has 0 spiro atoms. The molecule has 0 N–H and O–H groups in total. The molecule has 0 saturated carbocycles. The number of para-hydroxylation sites is 2. The third-order valence-electron chi connectivity index (χ3n) is 4.49. The van der Waals surface area contributed by atoms with Crippen LogP contribution in [0, 0.1) is 13.8 Å². The number of benzene rings is 2. The first-order chi connectivity index (χ1) is 12.0. The second kappa shape index (κ2) is 5.81. The molecule has 126 valence electrons. The Labute approximate surface area is 150 Å². The fourth-order valence-electron chi connectivity index (χ4n) is 3.00. The van der Waals surface area contributed by atoms with Crippen LogP contribution in [0.25, 0.3) is 11.0 Å². The molecule has 0 fully saturated rings. The summed E-state index contributed by atoms with van der Waals surface area (Å²) in [6.45, 7) is 5.85. The molecule has 3 aromatic rings. The minimum Gasteiger partial charge on any atom is -0.271 e. The first-order valence-electron chi connectivity index (χ1n) is 8.14. The van der Waals surface area contributed by atoms with Crippen molar-refractivity contribution in [3.63, 3.8) is 0 Å². The van der Waals surface area contributed by atoms with Crippen molar-refractivity contribution < 1.29 is 4.79 Å². The lowest BCUT2D eigenvalue weighted by Gasteiger charge is -2.27. The Kier molecular flexibility index (Phi) is 3.72. The lowest BCUT2D eigenvalue weighted by molar-refractivity contribution is 0.0816. The highest BCUT2D eigenvalue weighted by Gasteiger charge is 2.41. The Bertz CT molecular complexity index is 1000. The second-order valence-corrected chi connectivity index (χ2v) is 7.47. The van der Waals surface area contributed by atoms with E-state index in [-0.39, 0.29) is 5.91 Å². The fraction of sp³-hybridized carbons (Fsp3) is 0.263. The van der Waals surface area contributed by atoms with Gasteiger partial charge in [-0.25, -0.2) is 4.98 Å². The molecule has 0 saturated heterocycles. The number of carbonyl (C=O) groups excluding carboxylic acids is 1. The van der Waals surface area contributed by atoms with Crippen LogP contribution in [0.3, 0.4) is 0 Å². The molecule has 1 aliphatic heterocycles. The monoisotopic (exact) mass is 350 g/mol. The average Bonchev–Trinajstić information content (AvgIpc) is 2.97. The molecule has 0 bridgehead atoms. The first-order valence-corrected chi connectivity index (χ1v) is 9.12. The molecule has 25 heavy (non-hydrogen) atoms. The van der Waals surface area contributed by atoms with Crippen LogP contribution in [0.1, 0.15) is 22.8 Å². The van der Waals surface area contributed by atoms with Gasteiger partial charge in [-0.1, -0.05) is 42.1 Å². The summed E-state index contributed by atoms with van der Waals surface area (Å²) in [5, 5.41) is 9.65. The van der Waals surface area contributed by atoms with E-state index in [4.69, 9.17) is 0 Å². The zero-order valence-electron chi connectivity index (χ0n) is 14.4. The van der Waals surface area contributed by atoms with Crippen molar-refractivity contribution in [3.8, 4) is 0 Å². The van der Waals surface area contributed by atoms with E-state index in [0.717, 1.165) is 33.0 Å². The third-order valence-corrected chi connectivity index (χ3v) is 5.72. The number of nitrogens with zero attached hydrogens (tertiary/aromatic N) is 4. The minimum absolute atomic E-state index is 0.0788. The van der Waals surface area contributed by atoms with Crippen molar-refractivity contribution >= 4 is 34.4 Å². The Morgan fingerprint density at radius 1 is 1.12 bits per heavy atom. The summed E-state index contributed by atoms with van der Waals surface area (Å²) in [6, 6.07) is 13.7. The summed E-state index contributed by atoms with van der Waals surface area (Å²) < 4.78 is 1.67. The lowest BCUT2D eigenvalue weighted by Crippen LogP contribution is -2.42. The molecular formula is C19H18N4OS. The van der Waals surface area contributed by atoms with Crippen molar-refractivity contribution in [2.45, 2.75) is 31.5 Å². The fourth-order valence-corrected chi connectivity index (χ4v) is 4.06. The molecular weight excluding hydrogens is 332 g/mol. The summed E-state index contributed by atoms with van der Waals surface area (Å²) in [7, 11) is 0. The van der Waals surface area contributed by atoms with Gasteiger partial charge in [0.1, 0.15) is 0 Å². The Balaban J connectivity index is 1.76. The summed E-state index contributed by atoms with van der Waals surface area (Å²) in [6.07, 6.45) is 0. The number of hydrogen-bond donors (Lipinski definition) is 0. The quantitative estimate of drug-likeness (QED) is 0.615. The number of fused-ring (bicyclic) bond motifs is 3. The Morgan fingerprint density at radius 2 is 1.84 bits per heavy atom. The van der Waals surface area contributed by atoms with Gasteiger partial charge in [-0.05, 0) is 44.0 Å². The van der Waals surface area contributed by atoms with Gasteiger partial charge in [0.05, 0.1) is 16.7 Å². The number of imidazole rings is 1. The van der Waals surface area contributed by atoms with Crippen LogP contribution in [-0.4, -0.2) is 26.8 Å². The van der Waals surface area contributed by atoms with Gasteiger partial charge in [0, 0.05) is 5.75 Å². The summed E-state index contributed by atoms with van der Waals surface area (Å²) >= 11 is 1.55. The summed E-state index contributed by atoms with van der Waals surface area (Å²) in [5.74, 6) is 0.453. The number of thioether (sulfide) groups is 1. The number of aromatic nitrogens is 2. The predicted molar refractivity (Wildman–Crippen MR) is 99.9 cm³/mol. The van der Waals surface area contributed by atoms with E-state index in [1.807, 2.05) is 63.2 Å².